The van der Waals surface area contributed by atoms with Crippen molar-refractivity contribution in [2.24, 2.45) is 13.0 Å². The predicted octanol–water partition coefficient (Wildman–Crippen LogP) is 3.14. The van der Waals surface area contributed by atoms with Gasteiger partial charge in [-0.05, 0) is 30.2 Å². The molecule has 0 spiro atoms. The first-order chi connectivity index (χ1) is 9.74. The number of nitrogens with zero attached hydrogens (tertiary/aromatic N) is 2. The van der Waals surface area contributed by atoms with E-state index in [9.17, 15) is 4.79 Å². The number of carbonyl (C=O) groups excluding carboxylic acids is 1. The summed E-state index contributed by atoms with van der Waals surface area (Å²) in [6, 6.07) is 4.32. The molecule has 1 aliphatic carbocycles. The van der Waals surface area contributed by atoms with E-state index in [0.29, 0.717) is 11.5 Å². The Hall–Kier alpha value is -1.62. The molecule has 0 aliphatic heterocycles. The Morgan fingerprint density at radius 1 is 1.50 bits per heavy atom. The molecular weight excluding hydrogens is 270 g/mol. The van der Waals surface area contributed by atoms with Crippen LogP contribution >= 0.6 is 11.3 Å². The molecule has 1 aliphatic rings. The van der Waals surface area contributed by atoms with Gasteiger partial charge in [0.05, 0.1) is 17.8 Å². The van der Waals surface area contributed by atoms with E-state index in [0.717, 1.165) is 0 Å². The summed E-state index contributed by atoms with van der Waals surface area (Å²) in [6.45, 7) is 0. The van der Waals surface area contributed by atoms with Gasteiger partial charge in [-0.25, -0.2) is 0 Å². The second kappa shape index (κ2) is 5.79. The molecule has 106 valence electrons. The molecular formula is C15H19N3OS. The summed E-state index contributed by atoms with van der Waals surface area (Å²) in [5.41, 5.74) is 0.632. The van der Waals surface area contributed by atoms with E-state index in [1.807, 2.05) is 7.05 Å². The molecule has 0 unspecified atom stereocenters. The summed E-state index contributed by atoms with van der Waals surface area (Å²) < 4.78 is 1.66. The van der Waals surface area contributed by atoms with Gasteiger partial charge in [-0.15, -0.1) is 11.3 Å². The van der Waals surface area contributed by atoms with Crippen molar-refractivity contribution in [3.05, 3.63) is 40.3 Å². The Bertz CT molecular complexity index is 570. The highest BCUT2D eigenvalue weighted by atomic mass is 32.1. The molecule has 5 heteroatoms. The molecule has 1 saturated carbocycles. The molecule has 3 rings (SSSR count). The van der Waals surface area contributed by atoms with E-state index in [4.69, 9.17) is 0 Å². The van der Waals surface area contributed by atoms with Crippen molar-refractivity contribution >= 4 is 17.2 Å². The van der Waals surface area contributed by atoms with Gasteiger partial charge in [0, 0.05) is 18.1 Å². The Morgan fingerprint density at radius 2 is 2.30 bits per heavy atom. The standard InChI is InChI=1S/C15H19N3OS/c1-18-10-12(9-16-18)15(19)17-14(11-5-2-3-6-11)13-7-4-8-20-13/h4,7-11,14H,2-3,5-6H2,1H3,(H,17,19)/t14-/m0/s1. The van der Waals surface area contributed by atoms with Crippen LogP contribution in [-0.2, 0) is 7.05 Å². The maximum absolute atomic E-state index is 12.4. The lowest BCUT2D eigenvalue weighted by molar-refractivity contribution is 0.0922. The average molecular weight is 289 g/mol. The molecule has 1 amide bonds. The smallest absolute Gasteiger partial charge is 0.254 e. The van der Waals surface area contributed by atoms with Gasteiger partial charge >= 0.3 is 0 Å². The summed E-state index contributed by atoms with van der Waals surface area (Å²) in [4.78, 5) is 13.6. The second-order valence-corrected chi connectivity index (χ2v) is 6.39. The fourth-order valence-corrected chi connectivity index (χ4v) is 3.81. The van der Waals surface area contributed by atoms with Crippen LogP contribution in [0.1, 0.15) is 47.0 Å². The molecule has 20 heavy (non-hydrogen) atoms. The van der Waals surface area contributed by atoms with E-state index in [2.05, 4.69) is 27.9 Å². The number of nitrogens with one attached hydrogen (secondary N) is 1. The van der Waals surface area contributed by atoms with Crippen molar-refractivity contribution in [1.82, 2.24) is 15.1 Å². The highest BCUT2D eigenvalue weighted by Gasteiger charge is 2.28. The van der Waals surface area contributed by atoms with Crippen LogP contribution in [0.15, 0.2) is 29.9 Å². The number of thiophene rings is 1. The van der Waals surface area contributed by atoms with E-state index < -0.39 is 0 Å². The van der Waals surface area contributed by atoms with E-state index in [1.165, 1.54) is 30.6 Å². The van der Waals surface area contributed by atoms with Crippen molar-refractivity contribution in [3.8, 4) is 0 Å². The van der Waals surface area contributed by atoms with E-state index >= 15 is 0 Å². The number of amides is 1. The fourth-order valence-electron chi connectivity index (χ4n) is 2.94. The summed E-state index contributed by atoms with van der Waals surface area (Å²) in [6.07, 6.45) is 8.33. The number of hydrogen-bond acceptors (Lipinski definition) is 3. The van der Waals surface area contributed by atoms with Crippen LogP contribution in [0.3, 0.4) is 0 Å². The molecule has 1 atom stereocenters. The molecule has 2 aromatic heterocycles. The number of carbonyl (C=O) groups is 1. The van der Waals surface area contributed by atoms with Crippen LogP contribution in [-0.4, -0.2) is 15.7 Å². The van der Waals surface area contributed by atoms with Crippen LogP contribution in [0.25, 0.3) is 0 Å². The van der Waals surface area contributed by atoms with Gasteiger partial charge in [-0.1, -0.05) is 18.9 Å². The highest BCUT2D eigenvalue weighted by molar-refractivity contribution is 7.10. The maximum atomic E-state index is 12.4. The molecule has 4 nitrogen and oxygen atoms in total. The van der Waals surface area contributed by atoms with Crippen molar-refractivity contribution in [1.29, 1.82) is 0 Å². The summed E-state index contributed by atoms with van der Waals surface area (Å²) in [5.74, 6) is 0.540. The van der Waals surface area contributed by atoms with Crippen LogP contribution in [0.4, 0.5) is 0 Å². The third-order valence-corrected chi connectivity index (χ3v) is 4.93. The maximum Gasteiger partial charge on any atom is 0.254 e. The molecule has 0 saturated heterocycles. The van der Waals surface area contributed by atoms with Crippen molar-refractivity contribution in [2.45, 2.75) is 31.7 Å². The minimum atomic E-state index is -0.0246. The molecule has 1 N–H and O–H groups in total. The van der Waals surface area contributed by atoms with Crippen LogP contribution in [0.2, 0.25) is 0 Å². The van der Waals surface area contributed by atoms with E-state index in [-0.39, 0.29) is 11.9 Å². The van der Waals surface area contributed by atoms with Crippen molar-refractivity contribution < 1.29 is 4.79 Å². The van der Waals surface area contributed by atoms with Gasteiger partial charge in [0.15, 0.2) is 0 Å². The van der Waals surface area contributed by atoms with Gasteiger partial charge in [0.2, 0.25) is 0 Å². The summed E-state index contributed by atoms with van der Waals surface area (Å²) >= 11 is 1.72. The normalized spacial score (nSPS) is 17.2. The zero-order valence-corrected chi connectivity index (χ0v) is 12.4. The highest BCUT2D eigenvalue weighted by Crippen LogP contribution is 2.37. The first-order valence-electron chi connectivity index (χ1n) is 7.07. The lowest BCUT2D eigenvalue weighted by atomic mass is 9.96. The summed E-state index contributed by atoms with van der Waals surface area (Å²) in [5, 5.41) is 9.35. The fraction of sp³-hybridized carbons (Fsp3) is 0.467. The number of aryl methyl sites for hydroxylation is 1. The zero-order valence-electron chi connectivity index (χ0n) is 11.6. The third kappa shape index (κ3) is 2.77. The Balaban J connectivity index is 1.77. The minimum absolute atomic E-state index is 0.0246. The van der Waals surface area contributed by atoms with Crippen LogP contribution in [0.5, 0.6) is 0 Å². The van der Waals surface area contributed by atoms with Gasteiger partial charge in [-0.2, -0.15) is 5.10 Å². The SMILES string of the molecule is Cn1cc(C(=O)N[C@H](c2cccs2)C2CCCC2)cn1. The largest absolute Gasteiger partial charge is 0.344 e. The quantitative estimate of drug-likeness (QED) is 0.940. The van der Waals surface area contributed by atoms with Gasteiger partial charge in [0.25, 0.3) is 5.91 Å². The minimum Gasteiger partial charge on any atom is -0.344 e. The lowest BCUT2D eigenvalue weighted by Gasteiger charge is -2.23. The van der Waals surface area contributed by atoms with E-state index in [1.54, 1.807) is 28.4 Å². The molecule has 1 fully saturated rings. The van der Waals surface area contributed by atoms with Crippen molar-refractivity contribution in [3.63, 3.8) is 0 Å². The molecule has 0 radical (unpaired) electrons. The predicted molar refractivity (Wildman–Crippen MR) is 79.7 cm³/mol. The first-order valence-corrected chi connectivity index (χ1v) is 7.95. The topological polar surface area (TPSA) is 46.9 Å². The van der Waals surface area contributed by atoms with Crippen molar-refractivity contribution in [2.75, 3.05) is 0 Å². The molecule has 0 aromatic carbocycles. The van der Waals surface area contributed by atoms with Gasteiger partial charge in [0.1, 0.15) is 0 Å². The Labute approximate surface area is 122 Å². The van der Waals surface area contributed by atoms with Crippen LogP contribution in [0, 0.1) is 5.92 Å². The zero-order chi connectivity index (χ0) is 13.9. The number of hydrogen-bond donors (Lipinski definition) is 1. The molecule has 2 heterocycles. The first kappa shape index (κ1) is 13.4. The third-order valence-electron chi connectivity index (χ3n) is 3.97. The molecule has 2 aromatic rings. The lowest BCUT2D eigenvalue weighted by Crippen LogP contribution is -2.32. The molecule has 0 bridgehead atoms. The number of rotatable bonds is 4. The Kier molecular flexibility index (Phi) is 3.87. The van der Waals surface area contributed by atoms with Gasteiger partial charge < -0.3 is 5.32 Å². The van der Waals surface area contributed by atoms with Gasteiger partial charge in [-0.3, -0.25) is 9.48 Å². The second-order valence-electron chi connectivity index (χ2n) is 5.41. The number of aromatic nitrogens is 2. The average Bonchev–Trinajstić information content (AvgIpc) is 3.17. The monoisotopic (exact) mass is 289 g/mol. The van der Waals surface area contributed by atoms with Crippen LogP contribution < -0.4 is 5.32 Å². The summed E-state index contributed by atoms with van der Waals surface area (Å²) in [7, 11) is 1.82. The Morgan fingerprint density at radius 3 is 2.90 bits per heavy atom.